The third kappa shape index (κ3) is 4.54. The molecule has 1 fully saturated rings. The molecule has 6 rings (SSSR count). The van der Waals surface area contributed by atoms with Gasteiger partial charge >= 0.3 is 5.69 Å². The van der Waals surface area contributed by atoms with E-state index in [1.807, 2.05) is 42.5 Å². The number of nitrogens with zero attached hydrogens (tertiary/aromatic N) is 4. The monoisotopic (exact) mass is 576 g/mol. The molecule has 192 valence electrons. The zero-order valence-corrected chi connectivity index (χ0v) is 21.8. The molecule has 0 spiro atoms. The minimum Gasteiger partial charge on any atom is -0.339 e. The van der Waals surface area contributed by atoms with Crippen LogP contribution in [0.3, 0.4) is 0 Å². The number of carbonyl (C=O) groups excluding carboxylic acids is 1. The molecule has 0 bridgehead atoms. The Kier molecular flexibility index (Phi) is 6.16. The highest BCUT2D eigenvalue weighted by molar-refractivity contribution is 9.10. The highest BCUT2D eigenvalue weighted by atomic mass is 79.9. The van der Waals surface area contributed by atoms with Crippen molar-refractivity contribution in [1.29, 1.82) is 0 Å². The lowest BCUT2D eigenvalue weighted by atomic mass is 10.1. The second-order valence-electron chi connectivity index (χ2n) is 9.08. The van der Waals surface area contributed by atoms with Gasteiger partial charge in [0.25, 0.3) is 5.91 Å². The van der Waals surface area contributed by atoms with E-state index in [4.69, 9.17) is 14.9 Å². The number of fused-ring (bicyclic) bond motifs is 1. The van der Waals surface area contributed by atoms with Crippen LogP contribution in [0.5, 0.6) is 0 Å². The van der Waals surface area contributed by atoms with Crippen molar-refractivity contribution in [3.05, 3.63) is 98.8 Å². The van der Waals surface area contributed by atoms with Crippen LogP contribution in [0.1, 0.15) is 24.4 Å². The molecule has 1 amide bonds. The number of amides is 1. The third-order valence-electron chi connectivity index (χ3n) is 6.52. The number of H-pyrrole nitrogens is 2. The molecule has 9 nitrogen and oxygen atoms in total. The molecule has 1 saturated heterocycles. The summed E-state index contributed by atoms with van der Waals surface area (Å²) in [4.78, 5) is 33.4. The maximum Gasteiger partial charge on any atom is 0.323 e. The number of imidazole rings is 1. The predicted molar refractivity (Wildman–Crippen MR) is 142 cm³/mol. The van der Waals surface area contributed by atoms with Gasteiger partial charge in [0, 0.05) is 16.6 Å². The number of aromatic amines is 2. The zero-order chi connectivity index (χ0) is 26.4. The van der Waals surface area contributed by atoms with Gasteiger partial charge in [0.05, 0.1) is 16.7 Å². The van der Waals surface area contributed by atoms with Crippen molar-refractivity contribution in [1.82, 2.24) is 29.9 Å². The third-order valence-corrected chi connectivity index (χ3v) is 7.05. The van der Waals surface area contributed by atoms with Crippen LogP contribution < -0.4 is 5.69 Å². The van der Waals surface area contributed by atoms with Gasteiger partial charge in [-0.15, -0.1) is 10.2 Å². The standard InChI is InChI=1S/C27H22BrFN6O3/c1-15-25(36)34(13-12-16-2-11-21-22(14-16)31-27(37)30-21)26(38-15)24-23(17-3-7-19(29)8-4-17)32-35(33-24)20-9-5-18(28)6-10-20/h2-11,14-15,26H,12-13H2,1H3,(H2,30,31,37)/t15?,26-/m0/s1. The molecule has 1 unspecified atom stereocenters. The highest BCUT2D eigenvalue weighted by Crippen LogP contribution is 2.36. The minimum atomic E-state index is -0.780. The summed E-state index contributed by atoms with van der Waals surface area (Å²) in [5, 5.41) is 9.45. The van der Waals surface area contributed by atoms with E-state index in [9.17, 15) is 14.0 Å². The fraction of sp³-hybridized carbons (Fsp3) is 0.185. The minimum absolute atomic E-state index is 0.158. The summed E-state index contributed by atoms with van der Waals surface area (Å²) in [6.07, 6.45) is -0.909. The maximum atomic E-state index is 13.7. The average Bonchev–Trinajstić information content (AvgIpc) is 3.58. The molecule has 5 aromatic rings. The first kappa shape index (κ1) is 24.3. The largest absolute Gasteiger partial charge is 0.339 e. The summed E-state index contributed by atoms with van der Waals surface area (Å²) < 4.78 is 20.7. The van der Waals surface area contributed by atoms with Gasteiger partial charge < -0.3 is 19.6 Å². The number of halogens is 2. The molecule has 1 aliphatic rings. The number of carbonyl (C=O) groups is 1. The van der Waals surface area contributed by atoms with Crippen molar-refractivity contribution >= 4 is 32.9 Å². The van der Waals surface area contributed by atoms with Crippen molar-refractivity contribution in [3.8, 4) is 16.9 Å². The number of benzene rings is 3. The molecule has 2 aromatic heterocycles. The smallest absolute Gasteiger partial charge is 0.323 e. The summed E-state index contributed by atoms with van der Waals surface area (Å²) >= 11 is 3.44. The summed E-state index contributed by atoms with van der Waals surface area (Å²) in [6, 6.07) is 19.1. The molecule has 3 aromatic carbocycles. The first-order valence-corrected chi connectivity index (χ1v) is 12.8. The topological polar surface area (TPSA) is 109 Å². The van der Waals surface area contributed by atoms with Crippen LogP contribution in [0, 0.1) is 5.82 Å². The van der Waals surface area contributed by atoms with Gasteiger partial charge in [0.15, 0.2) is 6.23 Å². The van der Waals surface area contributed by atoms with Gasteiger partial charge in [-0.25, -0.2) is 9.18 Å². The molecule has 3 heterocycles. The summed E-state index contributed by atoms with van der Waals surface area (Å²) in [6.45, 7) is 2.07. The summed E-state index contributed by atoms with van der Waals surface area (Å²) in [5.74, 6) is -0.520. The van der Waals surface area contributed by atoms with Gasteiger partial charge in [-0.3, -0.25) is 4.79 Å². The van der Waals surface area contributed by atoms with Crippen LogP contribution in [0.4, 0.5) is 4.39 Å². The normalized spacial score (nSPS) is 17.6. The molecule has 2 atom stereocenters. The Morgan fingerprint density at radius 3 is 2.47 bits per heavy atom. The first-order valence-electron chi connectivity index (χ1n) is 12.0. The number of nitrogens with one attached hydrogen (secondary N) is 2. The maximum absolute atomic E-state index is 13.7. The Morgan fingerprint density at radius 2 is 1.71 bits per heavy atom. The lowest BCUT2D eigenvalue weighted by Crippen LogP contribution is -2.32. The van der Waals surface area contributed by atoms with Crippen LogP contribution in [0.2, 0.25) is 0 Å². The number of rotatable bonds is 6. The van der Waals surface area contributed by atoms with Crippen LogP contribution in [-0.2, 0) is 16.0 Å². The van der Waals surface area contributed by atoms with E-state index < -0.39 is 12.3 Å². The molecule has 0 aliphatic carbocycles. The zero-order valence-electron chi connectivity index (χ0n) is 20.2. The molecular weight excluding hydrogens is 555 g/mol. The van der Waals surface area contributed by atoms with E-state index in [1.165, 1.54) is 16.9 Å². The van der Waals surface area contributed by atoms with Crippen molar-refractivity contribution in [3.63, 3.8) is 0 Å². The Balaban J connectivity index is 1.36. The molecule has 0 radical (unpaired) electrons. The molecule has 38 heavy (non-hydrogen) atoms. The lowest BCUT2D eigenvalue weighted by molar-refractivity contribution is -0.130. The van der Waals surface area contributed by atoms with E-state index in [0.29, 0.717) is 35.4 Å². The molecule has 2 N–H and O–H groups in total. The fourth-order valence-corrected chi connectivity index (χ4v) is 4.85. The number of ether oxygens (including phenoxy) is 1. The summed E-state index contributed by atoms with van der Waals surface area (Å²) in [5.41, 5.74) is 4.45. The van der Waals surface area contributed by atoms with Gasteiger partial charge in [0.2, 0.25) is 0 Å². The summed E-state index contributed by atoms with van der Waals surface area (Å²) in [7, 11) is 0. The van der Waals surface area contributed by atoms with E-state index in [0.717, 1.165) is 21.2 Å². The van der Waals surface area contributed by atoms with Crippen molar-refractivity contribution in [2.45, 2.75) is 25.7 Å². The first-order chi connectivity index (χ1) is 18.4. The van der Waals surface area contributed by atoms with E-state index in [-0.39, 0.29) is 17.4 Å². The van der Waals surface area contributed by atoms with Crippen LogP contribution in [-0.4, -0.2) is 48.4 Å². The average molecular weight is 577 g/mol. The Hall–Kier alpha value is -4.09. The van der Waals surface area contributed by atoms with Crippen molar-refractivity contribution in [2.24, 2.45) is 0 Å². The number of aromatic nitrogens is 5. The van der Waals surface area contributed by atoms with Gasteiger partial charge in [0.1, 0.15) is 23.3 Å². The SMILES string of the molecule is CC1O[C@@H](c2nn(-c3ccc(Br)cc3)nc2-c2ccc(F)cc2)N(CCc2ccc3[nH]c(=O)[nH]c3c2)C1=O. The quantitative estimate of drug-likeness (QED) is 0.309. The van der Waals surface area contributed by atoms with E-state index >= 15 is 0 Å². The number of hydrogen-bond acceptors (Lipinski definition) is 5. The second-order valence-corrected chi connectivity index (χ2v) is 9.99. The molecule has 11 heteroatoms. The van der Waals surface area contributed by atoms with Gasteiger partial charge in [-0.05, 0) is 79.6 Å². The van der Waals surface area contributed by atoms with Crippen molar-refractivity contribution in [2.75, 3.05) is 6.54 Å². The number of hydrogen-bond donors (Lipinski definition) is 2. The second kappa shape index (κ2) is 9.66. The van der Waals surface area contributed by atoms with E-state index in [1.54, 1.807) is 24.0 Å². The van der Waals surface area contributed by atoms with Crippen LogP contribution >= 0.6 is 15.9 Å². The Morgan fingerprint density at radius 1 is 0.974 bits per heavy atom. The Bertz CT molecular complexity index is 1690. The van der Waals surface area contributed by atoms with Gasteiger partial charge in [-0.2, -0.15) is 4.80 Å². The van der Waals surface area contributed by atoms with Crippen molar-refractivity contribution < 1.29 is 13.9 Å². The molecule has 0 saturated carbocycles. The van der Waals surface area contributed by atoms with Gasteiger partial charge in [-0.1, -0.05) is 22.0 Å². The predicted octanol–water partition coefficient (Wildman–Crippen LogP) is 4.49. The van der Waals surface area contributed by atoms with Crippen LogP contribution in [0.15, 0.2) is 76.0 Å². The lowest BCUT2D eigenvalue weighted by Gasteiger charge is -2.22. The molecule has 1 aliphatic heterocycles. The van der Waals surface area contributed by atoms with Crippen LogP contribution in [0.25, 0.3) is 28.0 Å². The Labute approximate surface area is 224 Å². The highest BCUT2D eigenvalue weighted by Gasteiger charge is 2.41. The fourth-order valence-electron chi connectivity index (χ4n) is 4.59. The van der Waals surface area contributed by atoms with E-state index in [2.05, 4.69) is 25.9 Å². The molecular formula is C27H22BrFN6O3.